The van der Waals surface area contributed by atoms with Crippen LogP contribution in [0.3, 0.4) is 0 Å². The summed E-state index contributed by atoms with van der Waals surface area (Å²) >= 11 is 0. The van der Waals surface area contributed by atoms with Gasteiger partial charge in [-0.05, 0) is 26.3 Å². The molecule has 0 saturated heterocycles. The van der Waals surface area contributed by atoms with Crippen molar-refractivity contribution in [3.8, 4) is 0 Å². The molecule has 1 atom stereocenters. The highest BCUT2D eigenvalue weighted by Crippen LogP contribution is 2.25. The van der Waals surface area contributed by atoms with Gasteiger partial charge in [-0.2, -0.15) is 0 Å². The Kier molecular flexibility index (Phi) is 4.21. The summed E-state index contributed by atoms with van der Waals surface area (Å²) in [6.07, 6.45) is 3.96. The monoisotopic (exact) mass is 196 g/mol. The maximum atomic E-state index is 9.88. The van der Waals surface area contributed by atoms with Gasteiger partial charge in [0.05, 0.1) is 6.10 Å². The molecule has 0 fully saturated rings. The van der Waals surface area contributed by atoms with Crippen LogP contribution >= 0.6 is 0 Å². The molecular formula is C12H20O2. The fourth-order valence-corrected chi connectivity index (χ4v) is 1.72. The van der Waals surface area contributed by atoms with E-state index in [0.29, 0.717) is 0 Å². The lowest BCUT2D eigenvalue weighted by atomic mass is 10.0. The molecule has 14 heavy (non-hydrogen) atoms. The minimum absolute atomic E-state index is 0.348. The quantitative estimate of drug-likeness (QED) is 0.731. The molecule has 0 bridgehead atoms. The normalized spacial score (nSPS) is 13.1. The molecule has 0 aliphatic carbocycles. The van der Waals surface area contributed by atoms with Gasteiger partial charge >= 0.3 is 0 Å². The second-order valence-corrected chi connectivity index (χ2v) is 3.88. The van der Waals surface area contributed by atoms with Gasteiger partial charge in [-0.1, -0.05) is 26.2 Å². The maximum absolute atomic E-state index is 9.88. The van der Waals surface area contributed by atoms with Gasteiger partial charge in [0.1, 0.15) is 11.5 Å². The molecule has 0 radical (unpaired) electrons. The average Bonchev–Trinajstić information content (AvgIpc) is 2.45. The number of aliphatic hydroxyl groups excluding tert-OH is 1. The Hall–Kier alpha value is -0.760. The van der Waals surface area contributed by atoms with Gasteiger partial charge < -0.3 is 9.52 Å². The molecule has 1 aromatic rings. The topological polar surface area (TPSA) is 33.4 Å². The van der Waals surface area contributed by atoms with Crippen LogP contribution in [0.15, 0.2) is 10.5 Å². The molecular weight excluding hydrogens is 176 g/mol. The second kappa shape index (κ2) is 5.20. The highest BCUT2D eigenvalue weighted by molar-refractivity contribution is 5.22. The lowest BCUT2D eigenvalue weighted by Gasteiger charge is -2.08. The Morgan fingerprint density at radius 3 is 2.57 bits per heavy atom. The standard InChI is InChI=1S/C12H20O2/c1-4-5-6-7-12(13)11-8-9(2)14-10(11)3/h8,12-13H,4-7H2,1-3H3. The van der Waals surface area contributed by atoms with Gasteiger partial charge in [0.25, 0.3) is 0 Å². The third-order valence-corrected chi connectivity index (χ3v) is 2.52. The van der Waals surface area contributed by atoms with E-state index in [1.807, 2.05) is 19.9 Å². The number of hydrogen-bond donors (Lipinski definition) is 1. The van der Waals surface area contributed by atoms with Crippen LogP contribution in [0.1, 0.15) is 55.8 Å². The van der Waals surface area contributed by atoms with E-state index in [0.717, 1.165) is 29.9 Å². The molecule has 0 spiro atoms. The highest BCUT2D eigenvalue weighted by Gasteiger charge is 2.13. The lowest BCUT2D eigenvalue weighted by molar-refractivity contribution is 0.161. The molecule has 0 saturated carbocycles. The first-order valence-corrected chi connectivity index (χ1v) is 5.40. The molecule has 2 nitrogen and oxygen atoms in total. The van der Waals surface area contributed by atoms with Crippen LogP contribution in [0.5, 0.6) is 0 Å². The summed E-state index contributed by atoms with van der Waals surface area (Å²) in [5.41, 5.74) is 0.957. The summed E-state index contributed by atoms with van der Waals surface area (Å²) in [6, 6.07) is 1.94. The molecule has 2 heteroatoms. The summed E-state index contributed by atoms with van der Waals surface area (Å²) in [4.78, 5) is 0. The van der Waals surface area contributed by atoms with Crippen LogP contribution in [-0.2, 0) is 0 Å². The Bertz CT molecular complexity index is 276. The molecule has 80 valence electrons. The van der Waals surface area contributed by atoms with E-state index in [2.05, 4.69) is 6.92 Å². The summed E-state index contributed by atoms with van der Waals surface area (Å²) < 4.78 is 5.38. The molecule has 1 heterocycles. The van der Waals surface area contributed by atoms with E-state index in [1.54, 1.807) is 0 Å². The minimum atomic E-state index is -0.348. The van der Waals surface area contributed by atoms with Gasteiger partial charge in [-0.3, -0.25) is 0 Å². The minimum Gasteiger partial charge on any atom is -0.466 e. The van der Waals surface area contributed by atoms with E-state index >= 15 is 0 Å². The van der Waals surface area contributed by atoms with Crippen LogP contribution in [-0.4, -0.2) is 5.11 Å². The Labute approximate surface area is 85.9 Å². The number of unbranched alkanes of at least 4 members (excludes halogenated alkanes) is 2. The predicted octanol–water partition coefficient (Wildman–Crippen LogP) is 3.51. The SMILES string of the molecule is CCCCCC(O)c1cc(C)oc1C. The van der Waals surface area contributed by atoms with Crippen molar-refractivity contribution in [3.63, 3.8) is 0 Å². The maximum Gasteiger partial charge on any atom is 0.106 e. The first kappa shape index (κ1) is 11.3. The number of hydrogen-bond acceptors (Lipinski definition) is 2. The van der Waals surface area contributed by atoms with Gasteiger partial charge in [0.2, 0.25) is 0 Å². The predicted molar refractivity (Wildman–Crippen MR) is 57.3 cm³/mol. The highest BCUT2D eigenvalue weighted by atomic mass is 16.3. The summed E-state index contributed by atoms with van der Waals surface area (Å²) in [5, 5.41) is 9.88. The Balaban J connectivity index is 2.51. The molecule has 1 N–H and O–H groups in total. The van der Waals surface area contributed by atoms with Crippen molar-refractivity contribution in [2.24, 2.45) is 0 Å². The van der Waals surface area contributed by atoms with E-state index in [-0.39, 0.29) is 6.10 Å². The van der Waals surface area contributed by atoms with Crippen molar-refractivity contribution in [2.75, 3.05) is 0 Å². The van der Waals surface area contributed by atoms with Crippen LogP contribution < -0.4 is 0 Å². The van der Waals surface area contributed by atoms with Crippen molar-refractivity contribution in [3.05, 3.63) is 23.2 Å². The Morgan fingerprint density at radius 2 is 2.07 bits per heavy atom. The van der Waals surface area contributed by atoms with Crippen molar-refractivity contribution in [1.29, 1.82) is 0 Å². The van der Waals surface area contributed by atoms with E-state index in [1.165, 1.54) is 12.8 Å². The Morgan fingerprint density at radius 1 is 1.36 bits per heavy atom. The second-order valence-electron chi connectivity index (χ2n) is 3.88. The first-order chi connectivity index (χ1) is 6.65. The van der Waals surface area contributed by atoms with Gasteiger partial charge in [-0.15, -0.1) is 0 Å². The molecule has 1 unspecified atom stereocenters. The first-order valence-electron chi connectivity index (χ1n) is 5.40. The van der Waals surface area contributed by atoms with Gasteiger partial charge in [0.15, 0.2) is 0 Å². The summed E-state index contributed by atoms with van der Waals surface area (Å²) in [5.74, 6) is 1.73. The molecule has 0 aromatic carbocycles. The third kappa shape index (κ3) is 2.88. The van der Waals surface area contributed by atoms with E-state index in [9.17, 15) is 5.11 Å². The van der Waals surface area contributed by atoms with Crippen molar-refractivity contribution < 1.29 is 9.52 Å². The van der Waals surface area contributed by atoms with Crippen molar-refractivity contribution in [1.82, 2.24) is 0 Å². The number of furan rings is 1. The molecule has 0 aliphatic rings. The largest absolute Gasteiger partial charge is 0.466 e. The molecule has 1 aromatic heterocycles. The fourth-order valence-electron chi connectivity index (χ4n) is 1.72. The molecule has 0 amide bonds. The fraction of sp³-hybridized carbons (Fsp3) is 0.667. The molecule has 1 rings (SSSR count). The summed E-state index contributed by atoms with van der Waals surface area (Å²) in [7, 11) is 0. The van der Waals surface area contributed by atoms with Crippen LogP contribution in [0.4, 0.5) is 0 Å². The molecule has 0 aliphatic heterocycles. The number of rotatable bonds is 5. The zero-order valence-electron chi connectivity index (χ0n) is 9.34. The zero-order chi connectivity index (χ0) is 10.6. The zero-order valence-corrected chi connectivity index (χ0v) is 9.34. The summed E-state index contributed by atoms with van der Waals surface area (Å²) in [6.45, 7) is 5.99. The van der Waals surface area contributed by atoms with E-state index in [4.69, 9.17) is 4.42 Å². The average molecular weight is 196 g/mol. The van der Waals surface area contributed by atoms with Crippen molar-refractivity contribution >= 4 is 0 Å². The number of aryl methyl sites for hydroxylation is 2. The smallest absolute Gasteiger partial charge is 0.106 e. The van der Waals surface area contributed by atoms with Crippen LogP contribution in [0.25, 0.3) is 0 Å². The van der Waals surface area contributed by atoms with Crippen molar-refractivity contribution in [2.45, 2.75) is 52.6 Å². The van der Waals surface area contributed by atoms with Crippen LogP contribution in [0, 0.1) is 13.8 Å². The number of aliphatic hydroxyl groups is 1. The van der Waals surface area contributed by atoms with Crippen LogP contribution in [0.2, 0.25) is 0 Å². The van der Waals surface area contributed by atoms with Gasteiger partial charge in [-0.25, -0.2) is 0 Å². The van der Waals surface area contributed by atoms with E-state index < -0.39 is 0 Å². The third-order valence-electron chi connectivity index (χ3n) is 2.52. The van der Waals surface area contributed by atoms with Gasteiger partial charge in [0, 0.05) is 5.56 Å². The lowest BCUT2D eigenvalue weighted by Crippen LogP contribution is -1.97.